The molecule has 3 nitrogen and oxygen atoms in total. The van der Waals surface area contributed by atoms with Crippen LogP contribution in [-0.2, 0) is 12.8 Å². The maximum absolute atomic E-state index is 11.0. The van der Waals surface area contributed by atoms with Crippen molar-refractivity contribution in [2.45, 2.75) is 12.8 Å². The van der Waals surface area contributed by atoms with Crippen molar-refractivity contribution in [1.29, 1.82) is 0 Å². The minimum Gasteiger partial charge on any atom is -0.507 e. The van der Waals surface area contributed by atoms with Crippen molar-refractivity contribution in [1.82, 2.24) is 9.97 Å². The molecule has 0 fully saturated rings. The average molecular weight is 493 g/mol. The maximum Gasteiger partial charge on any atom is 0.124 e. The van der Waals surface area contributed by atoms with Crippen molar-refractivity contribution >= 4 is 55.8 Å². The maximum atomic E-state index is 11.0. The molecule has 1 aliphatic rings. The molecule has 1 N–H and O–H groups in total. The molecule has 0 radical (unpaired) electrons. The second kappa shape index (κ2) is 7.67. The highest BCUT2D eigenvalue weighted by atomic mass is 35.5. The highest BCUT2D eigenvalue weighted by Crippen LogP contribution is 2.43. The Labute approximate surface area is 211 Å². The van der Waals surface area contributed by atoms with E-state index in [-0.39, 0.29) is 5.75 Å². The fourth-order valence-electron chi connectivity index (χ4n) is 5.37. The van der Waals surface area contributed by atoms with E-state index in [0.29, 0.717) is 22.9 Å². The first-order chi connectivity index (χ1) is 17.1. The molecule has 0 atom stereocenters. The summed E-state index contributed by atoms with van der Waals surface area (Å²) in [7, 11) is 0. The minimum absolute atomic E-state index is 0.280. The Morgan fingerprint density at radius 3 is 2.03 bits per heavy atom. The van der Waals surface area contributed by atoms with Gasteiger partial charge in [0.15, 0.2) is 0 Å². The molecular weight excluding hydrogens is 475 g/mol. The summed E-state index contributed by atoms with van der Waals surface area (Å²) in [6.07, 6.45) is 1.35. The molecule has 1 aliphatic carbocycles. The third kappa shape index (κ3) is 3.19. The molecular formula is C30H18Cl2N2O. The highest BCUT2D eigenvalue weighted by molar-refractivity contribution is 6.42. The summed E-state index contributed by atoms with van der Waals surface area (Å²) in [6, 6.07) is 26.1. The number of phenolic OH excluding ortho intramolecular Hbond substituents is 1. The van der Waals surface area contributed by atoms with E-state index in [1.165, 1.54) is 16.5 Å². The third-order valence-electron chi connectivity index (χ3n) is 6.99. The Balaban J connectivity index is 1.49. The van der Waals surface area contributed by atoms with Crippen LogP contribution in [-0.4, -0.2) is 15.1 Å². The van der Waals surface area contributed by atoms with Gasteiger partial charge in [0.05, 0.1) is 32.5 Å². The van der Waals surface area contributed by atoms with Gasteiger partial charge in [-0.05, 0) is 62.5 Å². The van der Waals surface area contributed by atoms with E-state index in [2.05, 4.69) is 42.5 Å². The summed E-state index contributed by atoms with van der Waals surface area (Å²) in [5, 5.41) is 16.4. The molecule has 35 heavy (non-hydrogen) atoms. The molecule has 0 bridgehead atoms. The molecule has 1 aromatic heterocycles. The molecule has 0 unspecified atom stereocenters. The number of hydrogen-bond acceptors (Lipinski definition) is 3. The van der Waals surface area contributed by atoms with Gasteiger partial charge in [-0.1, -0.05) is 77.8 Å². The lowest BCUT2D eigenvalue weighted by atomic mass is 9.83. The van der Waals surface area contributed by atoms with Gasteiger partial charge in [-0.2, -0.15) is 0 Å². The van der Waals surface area contributed by atoms with Crippen molar-refractivity contribution in [2.24, 2.45) is 0 Å². The Morgan fingerprint density at radius 2 is 1.29 bits per heavy atom. The van der Waals surface area contributed by atoms with E-state index in [0.717, 1.165) is 49.7 Å². The Bertz CT molecular complexity index is 1850. The molecule has 1 heterocycles. The SMILES string of the molecule is Oc1ccc2ccccc2c1-c1cc2c(c3ccccc13)Cc1nc3cc(Cl)c(Cl)cc3nc1C2. The topological polar surface area (TPSA) is 46.0 Å². The van der Waals surface area contributed by atoms with E-state index in [4.69, 9.17) is 33.2 Å². The predicted molar refractivity (Wildman–Crippen MR) is 144 cm³/mol. The number of phenols is 1. The zero-order chi connectivity index (χ0) is 23.7. The van der Waals surface area contributed by atoms with E-state index in [9.17, 15) is 5.11 Å². The van der Waals surface area contributed by atoms with E-state index in [1.54, 1.807) is 18.2 Å². The molecule has 168 valence electrons. The quantitative estimate of drug-likeness (QED) is 0.251. The van der Waals surface area contributed by atoms with Gasteiger partial charge in [-0.25, -0.2) is 9.97 Å². The smallest absolute Gasteiger partial charge is 0.124 e. The van der Waals surface area contributed by atoms with Crippen molar-refractivity contribution in [2.75, 3.05) is 0 Å². The van der Waals surface area contributed by atoms with Crippen LogP contribution in [0.25, 0.3) is 43.7 Å². The molecule has 5 heteroatoms. The predicted octanol–water partition coefficient (Wildman–Crippen LogP) is 8.11. The first-order valence-electron chi connectivity index (χ1n) is 11.5. The van der Waals surface area contributed by atoms with E-state index < -0.39 is 0 Å². The summed E-state index contributed by atoms with van der Waals surface area (Å²) >= 11 is 12.5. The van der Waals surface area contributed by atoms with E-state index in [1.807, 2.05) is 18.2 Å². The Morgan fingerprint density at radius 1 is 0.657 bits per heavy atom. The summed E-state index contributed by atoms with van der Waals surface area (Å²) in [5.41, 5.74) is 7.76. The largest absolute Gasteiger partial charge is 0.507 e. The van der Waals surface area contributed by atoms with Crippen LogP contribution in [0.15, 0.2) is 78.9 Å². The number of hydrogen-bond donors (Lipinski definition) is 1. The van der Waals surface area contributed by atoms with Gasteiger partial charge in [0, 0.05) is 18.4 Å². The fourth-order valence-corrected chi connectivity index (χ4v) is 5.68. The van der Waals surface area contributed by atoms with Gasteiger partial charge in [0.1, 0.15) is 5.75 Å². The van der Waals surface area contributed by atoms with Crippen LogP contribution in [0.4, 0.5) is 0 Å². The molecule has 6 aromatic rings. The van der Waals surface area contributed by atoms with Crippen molar-refractivity contribution in [3.05, 3.63) is 111 Å². The minimum atomic E-state index is 0.280. The number of benzene rings is 5. The van der Waals surface area contributed by atoms with Crippen LogP contribution >= 0.6 is 23.2 Å². The fraction of sp³-hybridized carbons (Fsp3) is 0.0667. The van der Waals surface area contributed by atoms with Crippen LogP contribution < -0.4 is 0 Å². The number of nitrogens with zero attached hydrogens (tertiary/aromatic N) is 2. The van der Waals surface area contributed by atoms with Crippen molar-refractivity contribution in [3.8, 4) is 16.9 Å². The van der Waals surface area contributed by atoms with Crippen LogP contribution in [0, 0.1) is 0 Å². The number of aromatic nitrogens is 2. The number of fused-ring (bicyclic) bond motifs is 6. The van der Waals surface area contributed by atoms with Crippen molar-refractivity contribution in [3.63, 3.8) is 0 Å². The number of halogens is 2. The summed E-state index contributed by atoms with van der Waals surface area (Å²) in [4.78, 5) is 9.82. The molecule has 0 saturated heterocycles. The van der Waals surface area contributed by atoms with E-state index >= 15 is 0 Å². The van der Waals surface area contributed by atoms with Gasteiger partial charge in [-0.15, -0.1) is 0 Å². The lowest BCUT2D eigenvalue weighted by molar-refractivity contribution is 0.478. The standard InChI is InChI=1S/C30H18Cl2N2O/c31-23-14-27-28(15-24(23)32)34-26-13-21-17(12-25(26)33-27)11-22(20-8-4-3-7-19(20)21)30-18-6-2-1-5-16(18)9-10-29(30)35/h1-11,14-15,35H,12-13H2. The Hall–Kier alpha value is -3.66. The lowest BCUT2D eigenvalue weighted by Gasteiger charge is -2.23. The number of aromatic hydroxyl groups is 1. The molecule has 0 amide bonds. The van der Waals surface area contributed by atoms with Crippen LogP contribution in [0.5, 0.6) is 5.75 Å². The highest BCUT2D eigenvalue weighted by Gasteiger charge is 2.24. The van der Waals surface area contributed by atoms with Crippen LogP contribution in [0.2, 0.25) is 10.0 Å². The lowest BCUT2D eigenvalue weighted by Crippen LogP contribution is -2.13. The second-order valence-electron chi connectivity index (χ2n) is 9.01. The number of rotatable bonds is 1. The van der Waals surface area contributed by atoms with Crippen LogP contribution in [0.1, 0.15) is 22.5 Å². The van der Waals surface area contributed by atoms with Gasteiger partial charge in [0.25, 0.3) is 0 Å². The van der Waals surface area contributed by atoms with Gasteiger partial charge in [-0.3, -0.25) is 0 Å². The Kier molecular flexibility index (Phi) is 4.54. The zero-order valence-electron chi connectivity index (χ0n) is 18.5. The normalized spacial score (nSPS) is 12.7. The molecule has 5 aromatic carbocycles. The van der Waals surface area contributed by atoms with Crippen molar-refractivity contribution < 1.29 is 5.11 Å². The molecule has 0 aliphatic heterocycles. The summed E-state index contributed by atoms with van der Waals surface area (Å²) in [5.74, 6) is 0.280. The van der Waals surface area contributed by atoms with Gasteiger partial charge < -0.3 is 5.11 Å². The monoisotopic (exact) mass is 492 g/mol. The third-order valence-corrected chi connectivity index (χ3v) is 7.71. The van der Waals surface area contributed by atoms with Gasteiger partial charge in [0.2, 0.25) is 0 Å². The average Bonchev–Trinajstić information content (AvgIpc) is 2.87. The zero-order valence-corrected chi connectivity index (χ0v) is 20.0. The first-order valence-corrected chi connectivity index (χ1v) is 12.2. The summed E-state index contributed by atoms with van der Waals surface area (Å²) < 4.78 is 0. The van der Waals surface area contributed by atoms with Crippen LogP contribution in [0.3, 0.4) is 0 Å². The van der Waals surface area contributed by atoms with Gasteiger partial charge >= 0.3 is 0 Å². The summed E-state index contributed by atoms with van der Waals surface area (Å²) in [6.45, 7) is 0. The first kappa shape index (κ1) is 20.7. The second-order valence-corrected chi connectivity index (χ2v) is 9.83. The molecule has 0 saturated carbocycles. The molecule has 0 spiro atoms. The molecule has 7 rings (SSSR count).